The second-order valence-corrected chi connectivity index (χ2v) is 3.81. The summed E-state index contributed by atoms with van der Waals surface area (Å²) >= 11 is 0. The monoisotopic (exact) mass is 240 g/mol. The summed E-state index contributed by atoms with van der Waals surface area (Å²) in [6.07, 6.45) is 2.96. The number of carbonyl (C=O) groups excluding carboxylic acids is 1. The van der Waals surface area contributed by atoms with E-state index in [0.717, 1.165) is 5.56 Å². The summed E-state index contributed by atoms with van der Waals surface area (Å²) in [6, 6.07) is 12.9. The average molecular weight is 240 g/mol. The van der Waals surface area contributed by atoms with Crippen molar-refractivity contribution in [2.45, 2.75) is 0 Å². The van der Waals surface area contributed by atoms with Crippen LogP contribution >= 0.6 is 0 Å². The van der Waals surface area contributed by atoms with Crippen LogP contribution in [0.3, 0.4) is 0 Å². The number of benzene rings is 2. The molecule has 2 N–H and O–H groups in total. The fourth-order valence-electron chi connectivity index (χ4n) is 1.57. The maximum atomic E-state index is 11.8. The molecule has 0 saturated heterocycles. The molecule has 0 amide bonds. The van der Waals surface area contributed by atoms with Crippen molar-refractivity contribution in [3.05, 3.63) is 65.7 Å². The van der Waals surface area contributed by atoms with Crippen molar-refractivity contribution in [3.63, 3.8) is 0 Å². The summed E-state index contributed by atoms with van der Waals surface area (Å²) in [5.41, 5.74) is 0.979. The van der Waals surface area contributed by atoms with E-state index in [9.17, 15) is 15.0 Å². The molecule has 0 unspecified atom stereocenters. The number of allylic oxidation sites excluding steroid dienone is 1. The van der Waals surface area contributed by atoms with Crippen molar-refractivity contribution in [2.24, 2.45) is 0 Å². The van der Waals surface area contributed by atoms with E-state index in [4.69, 9.17) is 0 Å². The topological polar surface area (TPSA) is 57.5 Å². The van der Waals surface area contributed by atoms with Gasteiger partial charge in [0.1, 0.15) is 11.5 Å². The third-order valence-corrected chi connectivity index (χ3v) is 2.47. The van der Waals surface area contributed by atoms with E-state index in [-0.39, 0.29) is 22.8 Å². The number of phenols is 2. The molecule has 0 aliphatic carbocycles. The molecule has 0 radical (unpaired) electrons. The first-order chi connectivity index (χ1) is 8.66. The van der Waals surface area contributed by atoms with E-state index in [1.807, 2.05) is 0 Å². The van der Waals surface area contributed by atoms with Crippen LogP contribution in [-0.4, -0.2) is 16.0 Å². The van der Waals surface area contributed by atoms with Crippen LogP contribution in [0, 0.1) is 0 Å². The number of phenolic OH excluding ortho intramolecular Hbond substituents is 2. The van der Waals surface area contributed by atoms with E-state index in [2.05, 4.69) is 0 Å². The Labute approximate surface area is 105 Å². The van der Waals surface area contributed by atoms with Crippen LogP contribution in [0.5, 0.6) is 11.5 Å². The van der Waals surface area contributed by atoms with Crippen LogP contribution in [0.25, 0.3) is 6.08 Å². The smallest absolute Gasteiger partial charge is 0.189 e. The largest absolute Gasteiger partial charge is 0.508 e. The molecule has 0 atom stereocenters. The van der Waals surface area contributed by atoms with Crippen LogP contribution in [0.2, 0.25) is 0 Å². The van der Waals surface area contributed by atoms with Crippen LogP contribution in [0.1, 0.15) is 15.9 Å². The van der Waals surface area contributed by atoms with Gasteiger partial charge in [0.05, 0.1) is 5.56 Å². The number of carbonyl (C=O) groups is 1. The minimum atomic E-state index is -0.281. The summed E-state index contributed by atoms with van der Waals surface area (Å²) in [6.45, 7) is 0. The molecule has 3 heteroatoms. The molecule has 0 spiro atoms. The van der Waals surface area contributed by atoms with Crippen LogP contribution in [0.4, 0.5) is 0 Å². The molecule has 2 aromatic carbocycles. The normalized spacial score (nSPS) is 10.7. The number of hydrogen-bond donors (Lipinski definition) is 2. The Balaban J connectivity index is 2.20. The molecule has 2 rings (SSSR count). The Morgan fingerprint density at radius 2 is 1.78 bits per heavy atom. The lowest BCUT2D eigenvalue weighted by molar-refractivity contribution is 0.104. The van der Waals surface area contributed by atoms with Gasteiger partial charge in [-0.05, 0) is 35.9 Å². The lowest BCUT2D eigenvalue weighted by atomic mass is 10.1. The quantitative estimate of drug-likeness (QED) is 0.640. The second-order valence-electron chi connectivity index (χ2n) is 3.81. The fourth-order valence-corrected chi connectivity index (χ4v) is 1.57. The van der Waals surface area contributed by atoms with Crippen molar-refractivity contribution < 1.29 is 15.0 Å². The minimum Gasteiger partial charge on any atom is -0.508 e. The Hall–Kier alpha value is -2.55. The summed E-state index contributed by atoms with van der Waals surface area (Å²) in [5, 5.41) is 18.8. The summed E-state index contributed by atoms with van der Waals surface area (Å²) < 4.78 is 0. The summed E-state index contributed by atoms with van der Waals surface area (Å²) in [4.78, 5) is 11.8. The number of rotatable bonds is 3. The van der Waals surface area contributed by atoms with Gasteiger partial charge >= 0.3 is 0 Å². The second kappa shape index (κ2) is 5.19. The molecular weight excluding hydrogens is 228 g/mol. The molecule has 0 aromatic heterocycles. The van der Waals surface area contributed by atoms with Gasteiger partial charge in [-0.2, -0.15) is 0 Å². The molecule has 0 aliphatic rings. The molecule has 0 fully saturated rings. The van der Waals surface area contributed by atoms with Crippen LogP contribution < -0.4 is 0 Å². The molecule has 18 heavy (non-hydrogen) atoms. The summed E-state index contributed by atoms with van der Waals surface area (Å²) in [7, 11) is 0. The van der Waals surface area contributed by atoms with Crippen molar-refractivity contribution >= 4 is 11.9 Å². The maximum absolute atomic E-state index is 11.8. The van der Waals surface area contributed by atoms with Crippen molar-refractivity contribution in [1.82, 2.24) is 0 Å². The third kappa shape index (κ3) is 2.77. The zero-order chi connectivity index (χ0) is 13.0. The van der Waals surface area contributed by atoms with E-state index >= 15 is 0 Å². The number of aromatic hydroxyl groups is 2. The minimum absolute atomic E-state index is 0.0388. The third-order valence-electron chi connectivity index (χ3n) is 2.47. The van der Waals surface area contributed by atoms with Gasteiger partial charge in [0.15, 0.2) is 5.78 Å². The highest BCUT2D eigenvalue weighted by Crippen LogP contribution is 2.17. The molecule has 90 valence electrons. The van der Waals surface area contributed by atoms with Crippen LogP contribution in [0.15, 0.2) is 54.6 Å². The van der Waals surface area contributed by atoms with Gasteiger partial charge in [-0.15, -0.1) is 0 Å². The average Bonchev–Trinajstić information content (AvgIpc) is 2.37. The van der Waals surface area contributed by atoms with E-state index in [1.54, 1.807) is 48.5 Å². The molecule has 0 saturated carbocycles. The molecular formula is C15H12O3. The van der Waals surface area contributed by atoms with Gasteiger partial charge in [-0.1, -0.05) is 30.3 Å². The Morgan fingerprint density at radius 1 is 1.00 bits per heavy atom. The van der Waals surface area contributed by atoms with E-state index in [0.29, 0.717) is 0 Å². The molecule has 0 aliphatic heterocycles. The lowest BCUT2D eigenvalue weighted by Crippen LogP contribution is -1.94. The highest BCUT2D eigenvalue weighted by atomic mass is 16.3. The van der Waals surface area contributed by atoms with Gasteiger partial charge < -0.3 is 10.2 Å². The van der Waals surface area contributed by atoms with Crippen molar-refractivity contribution in [3.8, 4) is 11.5 Å². The molecule has 0 heterocycles. The number of para-hydroxylation sites is 1. The predicted octanol–water partition coefficient (Wildman–Crippen LogP) is 2.99. The van der Waals surface area contributed by atoms with E-state index < -0.39 is 0 Å². The first-order valence-electron chi connectivity index (χ1n) is 5.46. The Morgan fingerprint density at radius 3 is 2.50 bits per heavy atom. The number of hydrogen-bond acceptors (Lipinski definition) is 3. The maximum Gasteiger partial charge on any atom is 0.189 e. The van der Waals surface area contributed by atoms with Crippen LogP contribution in [-0.2, 0) is 0 Å². The van der Waals surface area contributed by atoms with Gasteiger partial charge in [-0.3, -0.25) is 4.79 Å². The molecule has 3 nitrogen and oxygen atoms in total. The van der Waals surface area contributed by atoms with Crippen molar-refractivity contribution in [2.75, 3.05) is 0 Å². The van der Waals surface area contributed by atoms with E-state index in [1.165, 1.54) is 12.1 Å². The highest BCUT2D eigenvalue weighted by Gasteiger charge is 2.06. The number of ketones is 1. The Kier molecular flexibility index (Phi) is 3.44. The Bertz CT molecular complexity index is 600. The highest BCUT2D eigenvalue weighted by molar-refractivity contribution is 6.08. The van der Waals surface area contributed by atoms with Gasteiger partial charge in [0.25, 0.3) is 0 Å². The first kappa shape index (κ1) is 11.9. The van der Waals surface area contributed by atoms with Gasteiger partial charge in [0.2, 0.25) is 0 Å². The predicted molar refractivity (Wildman–Crippen MR) is 69.6 cm³/mol. The zero-order valence-electron chi connectivity index (χ0n) is 9.58. The SMILES string of the molecule is O=C(C=Cc1cccc(O)c1)c1ccccc1O. The standard InChI is InChI=1S/C15H12O3/c16-12-5-3-4-11(10-12)8-9-15(18)13-6-1-2-7-14(13)17/h1-10,16-17H. The zero-order valence-corrected chi connectivity index (χ0v) is 9.58. The van der Waals surface area contributed by atoms with Gasteiger partial charge in [0, 0.05) is 0 Å². The molecule has 0 bridgehead atoms. The van der Waals surface area contributed by atoms with Gasteiger partial charge in [-0.25, -0.2) is 0 Å². The van der Waals surface area contributed by atoms with Crippen molar-refractivity contribution in [1.29, 1.82) is 0 Å². The first-order valence-corrected chi connectivity index (χ1v) is 5.46. The lowest BCUT2D eigenvalue weighted by Gasteiger charge is -1.99. The molecule has 2 aromatic rings. The summed E-state index contributed by atoms with van der Waals surface area (Å²) in [5.74, 6) is -0.174. The fraction of sp³-hybridized carbons (Fsp3) is 0.